The van der Waals surface area contributed by atoms with Crippen LogP contribution >= 0.6 is 0 Å². The predicted octanol–water partition coefficient (Wildman–Crippen LogP) is 3.14. The van der Waals surface area contributed by atoms with Crippen LogP contribution in [0, 0.1) is 5.92 Å². The van der Waals surface area contributed by atoms with Gasteiger partial charge in [0.1, 0.15) is 17.6 Å². The number of carbonyl (C=O) groups excluding carboxylic acids is 2. The first-order valence-electron chi connectivity index (χ1n) is 10.3. The zero-order valence-corrected chi connectivity index (χ0v) is 16.7. The number of hydrogen-bond donors (Lipinski definition) is 2. The van der Waals surface area contributed by atoms with Gasteiger partial charge >= 0.3 is 0 Å². The van der Waals surface area contributed by atoms with Crippen LogP contribution in [0.3, 0.4) is 0 Å². The second-order valence-electron chi connectivity index (χ2n) is 7.70. The van der Waals surface area contributed by atoms with E-state index in [0.717, 1.165) is 25.0 Å². The maximum atomic E-state index is 12.5. The van der Waals surface area contributed by atoms with Crippen LogP contribution in [0.1, 0.15) is 32.5 Å². The number of carbonyl (C=O) groups is 2. The largest absolute Gasteiger partial charge is 0.457 e. The van der Waals surface area contributed by atoms with Crippen LogP contribution in [-0.2, 0) is 14.3 Å². The summed E-state index contributed by atoms with van der Waals surface area (Å²) in [6.07, 6.45) is 3.03. The summed E-state index contributed by atoms with van der Waals surface area (Å²) in [7, 11) is 0. The van der Waals surface area contributed by atoms with Crippen LogP contribution in [0.4, 0.5) is 0 Å². The highest BCUT2D eigenvalue weighted by molar-refractivity contribution is 5.94. The molecule has 3 atom stereocenters. The molecule has 30 heavy (non-hydrogen) atoms. The van der Waals surface area contributed by atoms with Gasteiger partial charge in [-0.05, 0) is 49.6 Å². The van der Waals surface area contributed by atoms with Gasteiger partial charge in [-0.3, -0.25) is 9.59 Å². The van der Waals surface area contributed by atoms with Gasteiger partial charge < -0.3 is 25.3 Å². The van der Waals surface area contributed by atoms with E-state index in [4.69, 9.17) is 19.9 Å². The molecule has 2 saturated heterocycles. The number of hydrogen-bond acceptors (Lipinski definition) is 5. The average molecular weight is 415 g/mol. The lowest BCUT2D eigenvalue weighted by Gasteiger charge is -2.17. The molecule has 2 heterocycles. The molecule has 0 bridgehead atoms. The van der Waals surface area contributed by atoms with Crippen LogP contribution in [0.15, 0.2) is 54.6 Å². The topological polar surface area (TPSA) is 99.9 Å². The van der Waals surface area contributed by atoms with Crippen molar-refractivity contribution in [2.75, 3.05) is 13.2 Å². The molecule has 5 rings (SSSR count). The summed E-state index contributed by atoms with van der Waals surface area (Å²) in [6, 6.07) is 16.6. The molecule has 7 nitrogen and oxygen atoms in total. The molecular formula is C23H30N2O5. The minimum absolute atomic E-state index is 0. The zero-order chi connectivity index (χ0) is 20.9. The maximum Gasteiger partial charge on any atom is 0.251 e. The number of para-hydroxylation sites is 1. The van der Waals surface area contributed by atoms with Gasteiger partial charge in [0.2, 0.25) is 5.91 Å². The van der Waals surface area contributed by atoms with Crippen molar-refractivity contribution in [3.05, 3.63) is 60.2 Å². The highest BCUT2D eigenvalue weighted by Gasteiger charge is 2.42. The molecule has 7 heteroatoms. The molecule has 3 aliphatic rings. The summed E-state index contributed by atoms with van der Waals surface area (Å²) in [5, 5.41) is 3.01. The fourth-order valence-corrected chi connectivity index (χ4v) is 3.54. The number of nitrogens with two attached hydrogens (primary N) is 1. The summed E-state index contributed by atoms with van der Waals surface area (Å²) in [5.74, 6) is 1.34. The molecule has 1 saturated carbocycles. The van der Waals surface area contributed by atoms with Crippen LogP contribution < -0.4 is 15.8 Å². The van der Waals surface area contributed by atoms with Crippen LogP contribution in [0.2, 0.25) is 0 Å². The maximum absolute atomic E-state index is 12.5. The molecule has 0 spiro atoms. The van der Waals surface area contributed by atoms with Crippen LogP contribution in [0.25, 0.3) is 0 Å². The third-order valence-electron chi connectivity index (χ3n) is 5.34. The Bertz CT molecular complexity index is 895. The van der Waals surface area contributed by atoms with Crippen molar-refractivity contribution in [1.29, 1.82) is 0 Å². The molecule has 0 unspecified atom stereocenters. The van der Waals surface area contributed by atoms with Crippen LogP contribution in [0.5, 0.6) is 11.5 Å². The molecule has 3 fully saturated rings. The van der Waals surface area contributed by atoms with Gasteiger partial charge in [0, 0.05) is 20.9 Å². The molecule has 0 radical (unpaired) electrons. The number of ether oxygens (including phenoxy) is 3. The van der Waals surface area contributed by atoms with Gasteiger partial charge in [0.25, 0.3) is 5.91 Å². The number of fused-ring (bicyclic) bond motifs is 1. The lowest BCUT2D eigenvalue weighted by atomic mass is 10.1. The van der Waals surface area contributed by atoms with Crippen molar-refractivity contribution in [1.82, 2.24) is 5.32 Å². The summed E-state index contributed by atoms with van der Waals surface area (Å²) in [6.45, 7) is 1.20. The summed E-state index contributed by atoms with van der Waals surface area (Å²) < 4.78 is 17.1. The van der Waals surface area contributed by atoms with Gasteiger partial charge in [-0.1, -0.05) is 24.3 Å². The van der Waals surface area contributed by atoms with E-state index in [0.29, 0.717) is 24.5 Å². The molecular weight excluding hydrogens is 384 g/mol. The Labute approximate surface area is 178 Å². The van der Waals surface area contributed by atoms with E-state index in [1.165, 1.54) is 0 Å². The summed E-state index contributed by atoms with van der Waals surface area (Å²) in [5.41, 5.74) is 5.42. The Kier molecular flexibility index (Phi) is 6.30. The van der Waals surface area contributed by atoms with Gasteiger partial charge in [-0.15, -0.1) is 0 Å². The third-order valence-corrected chi connectivity index (χ3v) is 5.34. The monoisotopic (exact) mass is 414 g/mol. The van der Waals surface area contributed by atoms with E-state index in [1.807, 2.05) is 42.5 Å². The minimum atomic E-state index is -0.140. The van der Waals surface area contributed by atoms with Crippen molar-refractivity contribution in [2.45, 2.75) is 37.5 Å². The molecule has 1 aliphatic carbocycles. The van der Waals surface area contributed by atoms with Crippen molar-refractivity contribution in [2.24, 2.45) is 11.7 Å². The molecule has 2 aromatic carbocycles. The second-order valence-corrected chi connectivity index (χ2v) is 7.70. The predicted molar refractivity (Wildman–Crippen MR) is 114 cm³/mol. The Morgan fingerprint density at radius 3 is 2.47 bits per heavy atom. The number of rotatable bonds is 5. The van der Waals surface area contributed by atoms with E-state index >= 15 is 0 Å². The number of benzene rings is 2. The van der Waals surface area contributed by atoms with Crippen LogP contribution in [-0.4, -0.2) is 43.3 Å². The van der Waals surface area contributed by atoms with Gasteiger partial charge in [-0.25, -0.2) is 0 Å². The Morgan fingerprint density at radius 2 is 1.77 bits per heavy atom. The lowest BCUT2D eigenvalue weighted by molar-refractivity contribution is -0.119. The van der Waals surface area contributed by atoms with Crippen molar-refractivity contribution in [3.8, 4) is 11.5 Å². The number of amides is 2. The van der Waals surface area contributed by atoms with Crippen molar-refractivity contribution in [3.63, 3.8) is 0 Å². The van der Waals surface area contributed by atoms with E-state index in [-0.39, 0.29) is 38.8 Å². The summed E-state index contributed by atoms with van der Waals surface area (Å²) in [4.78, 5) is 22.5. The molecule has 2 aliphatic heterocycles. The second kappa shape index (κ2) is 9.28. The van der Waals surface area contributed by atoms with E-state index in [1.54, 1.807) is 12.1 Å². The van der Waals surface area contributed by atoms with Gasteiger partial charge in [0.05, 0.1) is 18.8 Å². The molecule has 162 valence electrons. The van der Waals surface area contributed by atoms with Gasteiger partial charge in [0.15, 0.2) is 0 Å². The van der Waals surface area contributed by atoms with Crippen molar-refractivity contribution < 1.29 is 26.7 Å². The first-order chi connectivity index (χ1) is 14.6. The summed E-state index contributed by atoms with van der Waals surface area (Å²) >= 11 is 0. The molecule has 0 aromatic heterocycles. The SMILES string of the molecule is NC(=O)C1CC1.O=C(N[C@H]1CO[C@@H]2CCO[C@H]12)c1cccc(Oc2ccccc2)c1.[HH].[HH]. The lowest BCUT2D eigenvalue weighted by Crippen LogP contribution is -2.43. The fourth-order valence-electron chi connectivity index (χ4n) is 3.54. The van der Waals surface area contributed by atoms with E-state index in [9.17, 15) is 9.59 Å². The molecule has 2 aromatic rings. The quantitative estimate of drug-likeness (QED) is 0.783. The highest BCUT2D eigenvalue weighted by Crippen LogP contribution is 2.28. The van der Waals surface area contributed by atoms with E-state index < -0.39 is 0 Å². The smallest absolute Gasteiger partial charge is 0.251 e. The standard InChI is InChI=1S/C19H19NO4.C4H7NO.2H2/c21-19(20-16-12-23-17-9-10-22-18(16)17)13-5-4-8-15(11-13)24-14-6-2-1-3-7-14;5-4(6)3-1-2-3;;/h1-8,11,16-18H,9-10,12H2,(H,20,21);3H,1-2H2,(H2,5,6);2*1H/t16-,17+,18+;;;/m0.../s1. The fraction of sp³-hybridized carbons (Fsp3) is 0.391. The average Bonchev–Trinajstić information content (AvgIpc) is 3.40. The van der Waals surface area contributed by atoms with E-state index in [2.05, 4.69) is 5.32 Å². The highest BCUT2D eigenvalue weighted by atomic mass is 16.6. The number of nitrogens with one attached hydrogen (secondary N) is 1. The zero-order valence-electron chi connectivity index (χ0n) is 16.7. The molecule has 3 N–H and O–H groups in total. The molecule has 2 amide bonds. The normalized spacial score (nSPS) is 24.3. The number of primary amides is 1. The first kappa shape index (κ1) is 20.4. The Balaban J connectivity index is 0.000000397. The third kappa shape index (κ3) is 5.17. The Morgan fingerprint density at radius 1 is 1.00 bits per heavy atom. The van der Waals surface area contributed by atoms with Crippen molar-refractivity contribution >= 4 is 11.8 Å². The first-order valence-corrected chi connectivity index (χ1v) is 10.3. The Hall–Kier alpha value is -2.90. The minimum Gasteiger partial charge on any atom is -0.457 e. The van der Waals surface area contributed by atoms with Gasteiger partial charge in [-0.2, -0.15) is 0 Å².